The van der Waals surface area contributed by atoms with Crippen LogP contribution in [-0.4, -0.2) is 19.1 Å². The molecule has 1 saturated heterocycles. The van der Waals surface area contributed by atoms with Gasteiger partial charge in [-0.2, -0.15) is 0 Å². The van der Waals surface area contributed by atoms with Crippen LogP contribution in [0.25, 0.3) is 0 Å². The van der Waals surface area contributed by atoms with E-state index in [9.17, 15) is 0 Å². The summed E-state index contributed by atoms with van der Waals surface area (Å²) in [6, 6.07) is 37.9. The minimum absolute atomic E-state index is 0.0459. The highest BCUT2D eigenvalue weighted by Crippen LogP contribution is 2.38. The van der Waals surface area contributed by atoms with Crippen molar-refractivity contribution >= 4 is 0 Å². The van der Waals surface area contributed by atoms with Crippen LogP contribution in [0.15, 0.2) is 97.1 Å². The van der Waals surface area contributed by atoms with Gasteiger partial charge in [-0.1, -0.05) is 187 Å². The molecule has 0 aromatic heterocycles. The average molecular weight is 677 g/mol. The first-order chi connectivity index (χ1) is 23.9. The van der Waals surface area contributed by atoms with Crippen molar-refractivity contribution in [3.05, 3.63) is 142 Å². The second-order valence-electron chi connectivity index (χ2n) is 15.0. The zero-order valence-corrected chi connectivity index (χ0v) is 34.2. The molecular formula is C48H72N2. The SMILES string of the molecule is CC.CC.CC(C)c1ccc(C(C)(C)c2ccc(C(c3ccc(C(C)(C)c4ccc(C(C)C)cc4)cc3)[C@@H]3CCCN3)cc2)cc1.CCCN. The van der Waals surface area contributed by atoms with Gasteiger partial charge in [0, 0.05) is 22.8 Å². The van der Waals surface area contributed by atoms with Crippen molar-refractivity contribution in [1.29, 1.82) is 0 Å². The van der Waals surface area contributed by atoms with Crippen molar-refractivity contribution in [2.75, 3.05) is 13.1 Å². The molecule has 2 nitrogen and oxygen atoms in total. The van der Waals surface area contributed by atoms with Crippen molar-refractivity contribution in [2.45, 2.75) is 144 Å². The Labute approximate surface area is 308 Å². The van der Waals surface area contributed by atoms with Gasteiger partial charge < -0.3 is 11.1 Å². The van der Waals surface area contributed by atoms with Crippen LogP contribution in [0, 0.1) is 0 Å². The smallest absolute Gasteiger partial charge is 0.0243 e. The molecular weight excluding hydrogens is 605 g/mol. The van der Waals surface area contributed by atoms with Gasteiger partial charge in [0.25, 0.3) is 0 Å². The number of nitrogens with two attached hydrogens (primary N) is 1. The van der Waals surface area contributed by atoms with E-state index in [0.29, 0.717) is 23.8 Å². The van der Waals surface area contributed by atoms with Gasteiger partial charge >= 0.3 is 0 Å². The molecule has 0 amide bonds. The molecule has 0 bridgehead atoms. The number of rotatable bonds is 10. The summed E-state index contributed by atoms with van der Waals surface area (Å²) in [6.45, 7) is 30.4. The highest BCUT2D eigenvalue weighted by Gasteiger charge is 2.30. The highest BCUT2D eigenvalue weighted by molar-refractivity contribution is 5.45. The van der Waals surface area contributed by atoms with Crippen LogP contribution in [0.1, 0.15) is 172 Å². The van der Waals surface area contributed by atoms with E-state index in [0.717, 1.165) is 19.5 Å². The summed E-state index contributed by atoms with van der Waals surface area (Å²) < 4.78 is 0. The molecule has 1 fully saturated rings. The van der Waals surface area contributed by atoms with Crippen LogP contribution in [0.3, 0.4) is 0 Å². The Morgan fingerprint density at radius 2 is 0.840 bits per heavy atom. The standard InChI is InChI=1S/C41H51N.C3H9N.2C2H6/c1-28(2)30-11-19-34(20-12-30)40(5,6)36-23-15-32(16-24-36)39(38-10-9-27-42-38)33-17-25-37(26-18-33)41(7,8)35-21-13-31(14-22-35)29(3)4;1-2-3-4;2*1-2/h11-26,28-29,38-39,42H,9-10,27H2,1-8H3;2-4H2,1H3;2*1-2H3/t38-;;;/m0.../s1. The van der Waals surface area contributed by atoms with Crippen LogP contribution >= 0.6 is 0 Å². The number of benzene rings is 4. The van der Waals surface area contributed by atoms with E-state index in [4.69, 9.17) is 5.73 Å². The van der Waals surface area contributed by atoms with E-state index in [-0.39, 0.29) is 10.8 Å². The molecule has 2 heteroatoms. The van der Waals surface area contributed by atoms with Gasteiger partial charge in [-0.25, -0.2) is 0 Å². The fourth-order valence-electron chi connectivity index (χ4n) is 6.77. The molecule has 50 heavy (non-hydrogen) atoms. The van der Waals surface area contributed by atoms with E-state index in [1.165, 1.54) is 57.3 Å². The molecule has 4 aromatic carbocycles. The second-order valence-corrected chi connectivity index (χ2v) is 15.0. The molecule has 0 aliphatic carbocycles. The van der Waals surface area contributed by atoms with Gasteiger partial charge in [0.2, 0.25) is 0 Å². The largest absolute Gasteiger partial charge is 0.330 e. The Hall–Kier alpha value is -3.20. The van der Waals surface area contributed by atoms with E-state index >= 15 is 0 Å². The predicted octanol–water partition coefficient (Wildman–Crippen LogP) is 12.9. The molecule has 1 heterocycles. The molecule has 0 spiro atoms. The first-order valence-electron chi connectivity index (χ1n) is 19.7. The van der Waals surface area contributed by atoms with Gasteiger partial charge in [0.05, 0.1) is 0 Å². The van der Waals surface area contributed by atoms with E-state index < -0.39 is 0 Å². The van der Waals surface area contributed by atoms with Gasteiger partial charge in [0.15, 0.2) is 0 Å². The lowest BCUT2D eigenvalue weighted by Crippen LogP contribution is -2.30. The predicted molar refractivity (Wildman–Crippen MR) is 223 cm³/mol. The average Bonchev–Trinajstić information content (AvgIpc) is 3.68. The molecule has 0 unspecified atom stereocenters. The molecule has 1 aliphatic heterocycles. The second kappa shape index (κ2) is 20.6. The lowest BCUT2D eigenvalue weighted by Gasteiger charge is -2.30. The molecule has 4 aromatic rings. The Morgan fingerprint density at radius 3 is 1.06 bits per heavy atom. The quantitative estimate of drug-likeness (QED) is 0.175. The lowest BCUT2D eigenvalue weighted by molar-refractivity contribution is 0.539. The first-order valence-corrected chi connectivity index (χ1v) is 19.7. The fourth-order valence-corrected chi connectivity index (χ4v) is 6.77. The number of nitrogens with one attached hydrogen (secondary N) is 1. The zero-order chi connectivity index (χ0) is 37.5. The molecule has 274 valence electrons. The summed E-state index contributed by atoms with van der Waals surface area (Å²) >= 11 is 0. The lowest BCUT2D eigenvalue weighted by atomic mass is 9.75. The van der Waals surface area contributed by atoms with Crippen LogP contribution in [0.2, 0.25) is 0 Å². The molecule has 3 N–H and O–H groups in total. The van der Waals surface area contributed by atoms with Gasteiger partial charge in [-0.15, -0.1) is 0 Å². The molecule has 1 aliphatic rings. The summed E-state index contributed by atoms with van der Waals surface area (Å²) in [5.74, 6) is 1.45. The number of hydrogen-bond donors (Lipinski definition) is 2. The first kappa shape index (κ1) is 43.0. The van der Waals surface area contributed by atoms with Crippen molar-refractivity contribution in [2.24, 2.45) is 5.73 Å². The monoisotopic (exact) mass is 677 g/mol. The van der Waals surface area contributed by atoms with Gasteiger partial charge in [-0.05, 0) is 88.7 Å². The topological polar surface area (TPSA) is 38.0 Å². The maximum Gasteiger partial charge on any atom is 0.0243 e. The highest BCUT2D eigenvalue weighted by atomic mass is 14.9. The zero-order valence-electron chi connectivity index (χ0n) is 34.2. The molecule has 0 saturated carbocycles. The third kappa shape index (κ3) is 10.9. The Balaban J connectivity index is 0.000000996. The Morgan fingerprint density at radius 1 is 0.560 bits per heavy atom. The van der Waals surface area contributed by atoms with Crippen molar-refractivity contribution in [3.8, 4) is 0 Å². The van der Waals surface area contributed by atoms with Crippen LogP contribution in [0.5, 0.6) is 0 Å². The van der Waals surface area contributed by atoms with Crippen molar-refractivity contribution in [1.82, 2.24) is 5.32 Å². The summed E-state index contributed by atoms with van der Waals surface area (Å²) in [5.41, 5.74) is 16.0. The van der Waals surface area contributed by atoms with E-state index in [1.54, 1.807) is 0 Å². The summed E-state index contributed by atoms with van der Waals surface area (Å²) in [4.78, 5) is 0. The minimum atomic E-state index is -0.0459. The summed E-state index contributed by atoms with van der Waals surface area (Å²) in [5, 5.41) is 3.82. The molecule has 1 atom stereocenters. The normalized spacial score (nSPS) is 14.4. The third-order valence-electron chi connectivity index (χ3n) is 10.4. The van der Waals surface area contributed by atoms with Crippen LogP contribution in [-0.2, 0) is 10.8 Å². The van der Waals surface area contributed by atoms with Gasteiger partial charge in [0.1, 0.15) is 0 Å². The molecule has 0 radical (unpaired) electrons. The number of hydrogen-bond acceptors (Lipinski definition) is 2. The van der Waals surface area contributed by atoms with E-state index in [1.807, 2.05) is 27.7 Å². The van der Waals surface area contributed by atoms with Gasteiger partial charge in [-0.3, -0.25) is 0 Å². The summed E-state index contributed by atoms with van der Waals surface area (Å²) in [7, 11) is 0. The third-order valence-corrected chi connectivity index (χ3v) is 10.4. The van der Waals surface area contributed by atoms with Crippen molar-refractivity contribution < 1.29 is 0 Å². The van der Waals surface area contributed by atoms with Crippen LogP contribution in [0.4, 0.5) is 0 Å². The van der Waals surface area contributed by atoms with E-state index in [2.05, 4.69) is 165 Å². The molecule has 5 rings (SSSR count). The van der Waals surface area contributed by atoms with Crippen LogP contribution < -0.4 is 11.1 Å². The summed E-state index contributed by atoms with van der Waals surface area (Å²) in [6.07, 6.45) is 3.56. The maximum atomic E-state index is 5.03. The minimum Gasteiger partial charge on any atom is -0.330 e. The maximum absolute atomic E-state index is 5.03. The Kier molecular flexibility index (Phi) is 17.7. The Bertz CT molecular complexity index is 1360. The van der Waals surface area contributed by atoms with Crippen molar-refractivity contribution in [3.63, 3.8) is 0 Å². The fraction of sp³-hybridized carbons (Fsp3) is 0.500.